The van der Waals surface area contributed by atoms with E-state index in [1.165, 1.54) is 0 Å². The number of nitrogens with zero attached hydrogens (tertiary/aromatic N) is 1. The van der Waals surface area contributed by atoms with E-state index in [-0.39, 0.29) is 6.61 Å². The first-order valence-electron chi connectivity index (χ1n) is 9.88. The standard InChI is InChI=1S/C25H20ClNO4S/c1-16-12-20(10-11-21(16)31-15-23(28)29)30-14-22-27-24(18-8-5-9-19(26)13-18)25(32-22)17-6-3-2-4-7-17/h2-13H,14-15H2,1H3,(H,28,29). The lowest BCUT2D eigenvalue weighted by Crippen LogP contribution is -2.10. The maximum atomic E-state index is 10.7. The van der Waals surface area contributed by atoms with Gasteiger partial charge in [-0.15, -0.1) is 11.3 Å². The number of aliphatic carboxylic acids is 1. The summed E-state index contributed by atoms with van der Waals surface area (Å²) in [6.07, 6.45) is 0. The minimum Gasteiger partial charge on any atom is -0.486 e. The van der Waals surface area contributed by atoms with Crippen molar-refractivity contribution in [2.75, 3.05) is 6.61 Å². The molecule has 1 N–H and O–H groups in total. The second-order valence-electron chi connectivity index (χ2n) is 7.06. The van der Waals surface area contributed by atoms with Crippen LogP contribution >= 0.6 is 22.9 Å². The van der Waals surface area contributed by atoms with Gasteiger partial charge < -0.3 is 14.6 Å². The summed E-state index contributed by atoms with van der Waals surface area (Å²) < 4.78 is 11.2. The molecule has 0 saturated heterocycles. The van der Waals surface area contributed by atoms with Gasteiger partial charge >= 0.3 is 5.97 Å². The second kappa shape index (κ2) is 9.85. The molecule has 7 heteroatoms. The molecule has 0 atom stereocenters. The first-order chi connectivity index (χ1) is 15.5. The number of carboxylic acid groups (broad SMARTS) is 1. The van der Waals surface area contributed by atoms with Gasteiger partial charge in [0.15, 0.2) is 6.61 Å². The number of thiazole rings is 1. The van der Waals surface area contributed by atoms with E-state index in [4.69, 9.17) is 31.2 Å². The van der Waals surface area contributed by atoms with E-state index in [2.05, 4.69) is 12.1 Å². The van der Waals surface area contributed by atoms with Crippen molar-refractivity contribution in [3.63, 3.8) is 0 Å². The van der Waals surface area contributed by atoms with E-state index < -0.39 is 5.97 Å². The third-order valence-electron chi connectivity index (χ3n) is 4.67. The highest BCUT2D eigenvalue weighted by Gasteiger charge is 2.16. The Balaban J connectivity index is 1.57. The van der Waals surface area contributed by atoms with Gasteiger partial charge in [0.2, 0.25) is 0 Å². The van der Waals surface area contributed by atoms with Crippen LogP contribution in [0.3, 0.4) is 0 Å². The molecule has 1 aromatic heterocycles. The summed E-state index contributed by atoms with van der Waals surface area (Å²) in [6.45, 7) is 1.77. The number of benzene rings is 3. The lowest BCUT2D eigenvalue weighted by atomic mass is 10.1. The highest BCUT2D eigenvalue weighted by molar-refractivity contribution is 7.15. The number of ether oxygens (including phenoxy) is 2. The molecule has 32 heavy (non-hydrogen) atoms. The largest absolute Gasteiger partial charge is 0.486 e. The fourth-order valence-electron chi connectivity index (χ4n) is 3.20. The van der Waals surface area contributed by atoms with Crippen LogP contribution in [0.25, 0.3) is 21.7 Å². The van der Waals surface area contributed by atoms with E-state index >= 15 is 0 Å². The minimum absolute atomic E-state index is 0.305. The molecule has 0 fully saturated rings. The first kappa shape index (κ1) is 21.9. The number of halogens is 1. The molecule has 5 nitrogen and oxygen atoms in total. The topological polar surface area (TPSA) is 68.7 Å². The van der Waals surface area contributed by atoms with Crippen molar-refractivity contribution in [2.24, 2.45) is 0 Å². The Morgan fingerprint density at radius 1 is 1.00 bits per heavy atom. The molecule has 3 aromatic carbocycles. The highest BCUT2D eigenvalue weighted by Crippen LogP contribution is 2.38. The van der Waals surface area contributed by atoms with Crippen LogP contribution < -0.4 is 9.47 Å². The normalized spacial score (nSPS) is 10.7. The summed E-state index contributed by atoms with van der Waals surface area (Å²) in [5.74, 6) is 0.160. The predicted octanol–water partition coefficient (Wildman–Crippen LogP) is 6.48. The lowest BCUT2D eigenvalue weighted by Gasteiger charge is -2.09. The van der Waals surface area contributed by atoms with Crippen molar-refractivity contribution >= 4 is 28.9 Å². The van der Waals surface area contributed by atoms with Crippen LogP contribution in [0.2, 0.25) is 5.02 Å². The second-order valence-corrected chi connectivity index (χ2v) is 8.58. The Bertz CT molecular complexity index is 1240. The number of carboxylic acids is 1. The van der Waals surface area contributed by atoms with Crippen LogP contribution in [-0.2, 0) is 11.4 Å². The molecule has 0 saturated carbocycles. The summed E-state index contributed by atoms with van der Waals surface area (Å²) in [4.78, 5) is 16.6. The van der Waals surface area contributed by atoms with Gasteiger partial charge in [-0.3, -0.25) is 0 Å². The molecular formula is C25H20ClNO4S. The average Bonchev–Trinajstić information content (AvgIpc) is 3.22. The van der Waals surface area contributed by atoms with Crippen molar-refractivity contribution in [1.29, 1.82) is 0 Å². The van der Waals surface area contributed by atoms with Crippen LogP contribution in [0.1, 0.15) is 10.6 Å². The molecule has 0 aliphatic heterocycles. The van der Waals surface area contributed by atoms with E-state index in [0.717, 1.165) is 32.3 Å². The zero-order valence-corrected chi connectivity index (χ0v) is 18.8. The molecule has 0 aliphatic carbocycles. The van der Waals surface area contributed by atoms with Crippen LogP contribution in [-0.4, -0.2) is 22.7 Å². The number of hydrogen-bond donors (Lipinski definition) is 1. The van der Waals surface area contributed by atoms with Gasteiger partial charge in [0.25, 0.3) is 0 Å². The van der Waals surface area contributed by atoms with Crippen molar-refractivity contribution in [3.8, 4) is 33.2 Å². The number of aromatic nitrogens is 1. The Kier molecular flexibility index (Phi) is 6.73. The SMILES string of the molecule is Cc1cc(OCc2nc(-c3cccc(Cl)c3)c(-c3ccccc3)s2)ccc1OCC(=O)O. The fraction of sp³-hybridized carbons (Fsp3) is 0.120. The Morgan fingerprint density at radius 2 is 1.78 bits per heavy atom. The predicted molar refractivity (Wildman–Crippen MR) is 127 cm³/mol. The maximum Gasteiger partial charge on any atom is 0.341 e. The summed E-state index contributed by atoms with van der Waals surface area (Å²) in [5.41, 5.74) is 3.71. The number of rotatable bonds is 8. The van der Waals surface area contributed by atoms with Gasteiger partial charge in [-0.05, 0) is 48.4 Å². The van der Waals surface area contributed by atoms with Crippen LogP contribution in [0.4, 0.5) is 0 Å². The van der Waals surface area contributed by atoms with E-state index in [1.807, 2.05) is 55.5 Å². The lowest BCUT2D eigenvalue weighted by molar-refractivity contribution is -0.139. The fourth-order valence-corrected chi connectivity index (χ4v) is 4.40. The molecule has 0 unspecified atom stereocenters. The number of hydrogen-bond acceptors (Lipinski definition) is 5. The van der Waals surface area contributed by atoms with Gasteiger partial charge in [-0.25, -0.2) is 9.78 Å². The zero-order chi connectivity index (χ0) is 22.5. The third kappa shape index (κ3) is 5.28. The number of carbonyl (C=O) groups is 1. The summed E-state index contributed by atoms with van der Waals surface area (Å²) in [6, 6.07) is 23.1. The molecule has 0 aliphatic rings. The van der Waals surface area contributed by atoms with Gasteiger partial charge in [-0.2, -0.15) is 0 Å². The molecule has 4 aromatic rings. The average molecular weight is 466 g/mol. The Labute approximate surface area is 194 Å². The van der Waals surface area contributed by atoms with Crippen molar-refractivity contribution in [2.45, 2.75) is 13.5 Å². The molecule has 0 radical (unpaired) electrons. The van der Waals surface area contributed by atoms with Crippen molar-refractivity contribution in [1.82, 2.24) is 4.98 Å². The van der Waals surface area contributed by atoms with Crippen LogP contribution in [0, 0.1) is 6.92 Å². The first-order valence-corrected chi connectivity index (χ1v) is 11.1. The van der Waals surface area contributed by atoms with Gasteiger partial charge in [0.05, 0.1) is 10.6 Å². The van der Waals surface area contributed by atoms with E-state index in [1.54, 1.807) is 23.5 Å². The monoisotopic (exact) mass is 465 g/mol. The van der Waals surface area contributed by atoms with Gasteiger partial charge in [0, 0.05) is 10.6 Å². The molecule has 1 heterocycles. The Morgan fingerprint density at radius 3 is 2.50 bits per heavy atom. The molecule has 0 spiro atoms. The molecule has 0 amide bonds. The minimum atomic E-state index is -1.02. The summed E-state index contributed by atoms with van der Waals surface area (Å²) in [5, 5.41) is 10.3. The van der Waals surface area contributed by atoms with Crippen LogP contribution in [0.5, 0.6) is 11.5 Å². The molecule has 162 valence electrons. The van der Waals surface area contributed by atoms with Crippen molar-refractivity contribution in [3.05, 3.63) is 88.4 Å². The maximum absolute atomic E-state index is 10.7. The number of aryl methyl sites for hydroxylation is 1. The molecule has 0 bridgehead atoms. The summed E-state index contributed by atoms with van der Waals surface area (Å²) in [7, 11) is 0. The quantitative estimate of drug-likeness (QED) is 0.322. The van der Waals surface area contributed by atoms with Gasteiger partial charge in [0.1, 0.15) is 23.1 Å². The van der Waals surface area contributed by atoms with Gasteiger partial charge in [-0.1, -0.05) is 54.1 Å². The molecule has 4 rings (SSSR count). The van der Waals surface area contributed by atoms with E-state index in [9.17, 15) is 4.79 Å². The highest BCUT2D eigenvalue weighted by atomic mass is 35.5. The zero-order valence-electron chi connectivity index (χ0n) is 17.2. The van der Waals surface area contributed by atoms with Crippen molar-refractivity contribution < 1.29 is 19.4 Å². The Hall–Kier alpha value is -3.35. The van der Waals surface area contributed by atoms with E-state index in [0.29, 0.717) is 23.1 Å². The molecular weight excluding hydrogens is 446 g/mol. The summed E-state index contributed by atoms with van der Waals surface area (Å²) >= 11 is 7.80. The third-order valence-corrected chi connectivity index (χ3v) is 5.98. The van der Waals surface area contributed by atoms with Crippen LogP contribution in [0.15, 0.2) is 72.8 Å². The smallest absolute Gasteiger partial charge is 0.341 e.